The molecule has 1 saturated heterocycles. The summed E-state index contributed by atoms with van der Waals surface area (Å²) in [5.41, 5.74) is 2.64. The summed E-state index contributed by atoms with van der Waals surface area (Å²) in [5, 5.41) is 3.26. The van der Waals surface area contributed by atoms with E-state index in [1.165, 1.54) is 11.1 Å². The highest BCUT2D eigenvalue weighted by atomic mass is 16.5. The van der Waals surface area contributed by atoms with Gasteiger partial charge in [0.25, 0.3) is 0 Å². The van der Waals surface area contributed by atoms with Gasteiger partial charge in [0.15, 0.2) is 0 Å². The number of nitrogens with one attached hydrogen (secondary N) is 1. The summed E-state index contributed by atoms with van der Waals surface area (Å²) >= 11 is 0. The second kappa shape index (κ2) is 6.37. The van der Waals surface area contributed by atoms with Gasteiger partial charge in [-0.2, -0.15) is 0 Å². The van der Waals surface area contributed by atoms with Crippen LogP contribution in [0.4, 0.5) is 0 Å². The zero-order valence-corrected chi connectivity index (χ0v) is 11.8. The van der Waals surface area contributed by atoms with Crippen molar-refractivity contribution in [3.05, 3.63) is 35.4 Å². The van der Waals surface area contributed by atoms with Crippen molar-refractivity contribution in [2.45, 2.75) is 25.4 Å². The molecule has 2 aliphatic heterocycles. The van der Waals surface area contributed by atoms with Gasteiger partial charge in [-0.25, -0.2) is 0 Å². The van der Waals surface area contributed by atoms with Gasteiger partial charge in [0, 0.05) is 19.6 Å². The standard InChI is InChI=1S/C16H22N2O2/c19-16(18-8-3-4-9-18)12-17-11-15-14-6-2-1-5-13(14)7-10-20-15/h1-2,5-6,15,17H,3-4,7-12H2. The topological polar surface area (TPSA) is 41.6 Å². The van der Waals surface area contributed by atoms with Gasteiger partial charge >= 0.3 is 0 Å². The molecule has 1 atom stereocenters. The van der Waals surface area contributed by atoms with E-state index in [1.807, 2.05) is 4.90 Å². The van der Waals surface area contributed by atoms with Crippen molar-refractivity contribution < 1.29 is 9.53 Å². The maximum Gasteiger partial charge on any atom is 0.236 e. The van der Waals surface area contributed by atoms with Crippen molar-refractivity contribution in [2.24, 2.45) is 0 Å². The van der Waals surface area contributed by atoms with Crippen molar-refractivity contribution in [2.75, 3.05) is 32.8 Å². The van der Waals surface area contributed by atoms with Crippen LogP contribution in [0, 0.1) is 0 Å². The molecule has 4 heteroatoms. The van der Waals surface area contributed by atoms with Gasteiger partial charge in [0.1, 0.15) is 0 Å². The lowest BCUT2D eigenvalue weighted by Gasteiger charge is -2.26. The predicted molar refractivity (Wildman–Crippen MR) is 77.5 cm³/mol. The molecule has 0 saturated carbocycles. The fraction of sp³-hybridized carbons (Fsp3) is 0.562. The number of rotatable bonds is 4. The van der Waals surface area contributed by atoms with E-state index in [0.29, 0.717) is 13.1 Å². The Kier molecular flexibility index (Phi) is 4.33. The molecule has 1 amide bonds. The molecular weight excluding hydrogens is 252 g/mol. The van der Waals surface area contributed by atoms with Crippen molar-refractivity contribution in [3.63, 3.8) is 0 Å². The third-order valence-electron chi connectivity index (χ3n) is 4.16. The highest BCUT2D eigenvalue weighted by molar-refractivity contribution is 5.78. The number of hydrogen-bond acceptors (Lipinski definition) is 3. The lowest BCUT2D eigenvalue weighted by molar-refractivity contribution is -0.129. The van der Waals surface area contributed by atoms with Crippen LogP contribution in [0.5, 0.6) is 0 Å². The molecule has 20 heavy (non-hydrogen) atoms. The van der Waals surface area contributed by atoms with Gasteiger partial charge in [0.2, 0.25) is 5.91 Å². The van der Waals surface area contributed by atoms with E-state index in [9.17, 15) is 4.79 Å². The Morgan fingerprint density at radius 3 is 2.95 bits per heavy atom. The molecule has 2 heterocycles. The van der Waals surface area contributed by atoms with E-state index in [4.69, 9.17) is 4.74 Å². The zero-order valence-electron chi connectivity index (χ0n) is 11.8. The summed E-state index contributed by atoms with van der Waals surface area (Å²) in [7, 11) is 0. The Balaban J connectivity index is 1.50. The fourth-order valence-corrected chi connectivity index (χ4v) is 3.03. The molecule has 0 spiro atoms. The molecule has 0 aromatic heterocycles. The molecule has 108 valence electrons. The maximum atomic E-state index is 12.0. The minimum absolute atomic E-state index is 0.0753. The van der Waals surface area contributed by atoms with E-state index >= 15 is 0 Å². The van der Waals surface area contributed by atoms with Gasteiger partial charge in [-0.15, -0.1) is 0 Å². The normalized spacial score (nSPS) is 21.8. The van der Waals surface area contributed by atoms with Crippen LogP contribution < -0.4 is 5.32 Å². The molecule has 0 radical (unpaired) electrons. The van der Waals surface area contributed by atoms with E-state index in [2.05, 4.69) is 29.6 Å². The minimum atomic E-state index is 0.0753. The molecular formula is C16H22N2O2. The fourth-order valence-electron chi connectivity index (χ4n) is 3.03. The van der Waals surface area contributed by atoms with Crippen LogP contribution >= 0.6 is 0 Å². The van der Waals surface area contributed by atoms with Crippen molar-refractivity contribution >= 4 is 5.91 Å². The molecule has 0 bridgehead atoms. The number of carbonyl (C=O) groups excluding carboxylic acids is 1. The van der Waals surface area contributed by atoms with Gasteiger partial charge in [-0.05, 0) is 30.4 Å². The van der Waals surface area contributed by atoms with Crippen LogP contribution in [0.25, 0.3) is 0 Å². The van der Waals surface area contributed by atoms with E-state index in [0.717, 1.165) is 39.0 Å². The third kappa shape index (κ3) is 3.02. The molecule has 1 fully saturated rings. The van der Waals surface area contributed by atoms with Crippen LogP contribution in [0.2, 0.25) is 0 Å². The van der Waals surface area contributed by atoms with Gasteiger partial charge in [-0.1, -0.05) is 24.3 Å². The zero-order chi connectivity index (χ0) is 13.8. The summed E-state index contributed by atoms with van der Waals surface area (Å²) in [4.78, 5) is 13.9. The lowest BCUT2D eigenvalue weighted by Crippen LogP contribution is -2.38. The SMILES string of the molecule is O=C(CNCC1OCCc2ccccc21)N1CCCC1. The van der Waals surface area contributed by atoms with E-state index in [-0.39, 0.29) is 12.0 Å². The number of carbonyl (C=O) groups is 1. The Bertz CT molecular complexity index is 469. The van der Waals surface area contributed by atoms with Crippen LogP contribution in [0.1, 0.15) is 30.1 Å². The number of fused-ring (bicyclic) bond motifs is 1. The smallest absolute Gasteiger partial charge is 0.236 e. The summed E-state index contributed by atoms with van der Waals surface area (Å²) in [6.07, 6.45) is 3.35. The molecule has 1 N–H and O–H groups in total. The van der Waals surface area contributed by atoms with Gasteiger partial charge < -0.3 is 15.0 Å². The van der Waals surface area contributed by atoms with E-state index in [1.54, 1.807) is 0 Å². The van der Waals surface area contributed by atoms with Gasteiger partial charge in [-0.3, -0.25) is 4.79 Å². The molecule has 2 aliphatic rings. The molecule has 4 nitrogen and oxygen atoms in total. The largest absolute Gasteiger partial charge is 0.372 e. The first kappa shape index (κ1) is 13.6. The number of hydrogen-bond donors (Lipinski definition) is 1. The highest BCUT2D eigenvalue weighted by Gasteiger charge is 2.21. The lowest BCUT2D eigenvalue weighted by atomic mass is 9.97. The van der Waals surface area contributed by atoms with Crippen molar-refractivity contribution in [1.29, 1.82) is 0 Å². The Labute approximate surface area is 120 Å². The molecule has 1 aromatic carbocycles. The average Bonchev–Trinajstić information content (AvgIpc) is 3.02. The van der Waals surface area contributed by atoms with Gasteiger partial charge in [0.05, 0.1) is 19.3 Å². The molecule has 0 aliphatic carbocycles. The van der Waals surface area contributed by atoms with Crippen LogP contribution in [-0.2, 0) is 16.0 Å². The molecule has 1 unspecified atom stereocenters. The minimum Gasteiger partial charge on any atom is -0.372 e. The number of amides is 1. The first-order valence-corrected chi connectivity index (χ1v) is 7.52. The maximum absolute atomic E-state index is 12.0. The number of ether oxygens (including phenoxy) is 1. The first-order valence-electron chi connectivity index (χ1n) is 7.52. The highest BCUT2D eigenvalue weighted by Crippen LogP contribution is 2.26. The average molecular weight is 274 g/mol. The van der Waals surface area contributed by atoms with Crippen LogP contribution in [0.3, 0.4) is 0 Å². The Morgan fingerprint density at radius 2 is 2.10 bits per heavy atom. The second-order valence-corrected chi connectivity index (χ2v) is 5.53. The first-order chi connectivity index (χ1) is 9.84. The predicted octanol–water partition coefficient (Wildman–Crippen LogP) is 1.51. The molecule has 3 rings (SSSR count). The van der Waals surface area contributed by atoms with Crippen molar-refractivity contribution in [3.8, 4) is 0 Å². The quantitative estimate of drug-likeness (QED) is 0.905. The second-order valence-electron chi connectivity index (χ2n) is 5.53. The number of likely N-dealkylation sites (tertiary alicyclic amines) is 1. The number of benzene rings is 1. The summed E-state index contributed by atoms with van der Waals surface area (Å²) < 4.78 is 5.82. The van der Waals surface area contributed by atoms with Crippen LogP contribution in [0.15, 0.2) is 24.3 Å². The summed E-state index contributed by atoms with van der Waals surface area (Å²) in [6.45, 7) is 3.73. The number of nitrogens with zero attached hydrogens (tertiary/aromatic N) is 1. The Morgan fingerprint density at radius 1 is 1.30 bits per heavy atom. The van der Waals surface area contributed by atoms with E-state index < -0.39 is 0 Å². The summed E-state index contributed by atoms with van der Waals surface area (Å²) in [5.74, 6) is 0.214. The molecule has 1 aromatic rings. The monoisotopic (exact) mass is 274 g/mol. The van der Waals surface area contributed by atoms with Crippen molar-refractivity contribution in [1.82, 2.24) is 10.2 Å². The van der Waals surface area contributed by atoms with Crippen LogP contribution in [-0.4, -0.2) is 43.6 Å². The Hall–Kier alpha value is -1.39. The summed E-state index contributed by atoms with van der Waals surface area (Å²) in [6, 6.07) is 8.42. The third-order valence-corrected chi connectivity index (χ3v) is 4.16.